The maximum Gasteiger partial charge on any atom is 0.123 e. The van der Waals surface area contributed by atoms with Gasteiger partial charge >= 0.3 is 0 Å². The van der Waals surface area contributed by atoms with Gasteiger partial charge in [-0.05, 0) is 35.5 Å². The van der Waals surface area contributed by atoms with E-state index in [2.05, 4.69) is 67.4 Å². The van der Waals surface area contributed by atoms with Gasteiger partial charge in [0.1, 0.15) is 14.0 Å². The highest BCUT2D eigenvalue weighted by Gasteiger charge is 2.47. The molecule has 0 atom stereocenters. The molecular formula is C16H30OSi. The summed E-state index contributed by atoms with van der Waals surface area (Å²) in [5, 5.41) is 1.02. The molecule has 0 aliphatic carbocycles. The molecule has 0 heterocycles. The first-order valence-corrected chi connectivity index (χ1v) is 9.42. The maximum atomic E-state index is 11.6. The molecular weight excluding hydrogens is 236 g/mol. The van der Waals surface area contributed by atoms with Crippen molar-refractivity contribution in [3.8, 4) is 0 Å². The highest BCUT2D eigenvalue weighted by molar-refractivity contribution is 6.91. The van der Waals surface area contributed by atoms with Crippen molar-refractivity contribution in [2.24, 2.45) is 0 Å². The summed E-state index contributed by atoms with van der Waals surface area (Å²) in [6.45, 7) is 17.9. The van der Waals surface area contributed by atoms with E-state index in [4.69, 9.17) is 0 Å². The lowest BCUT2D eigenvalue weighted by molar-refractivity contribution is 0.567. The molecule has 0 N–H and O–H groups in total. The van der Waals surface area contributed by atoms with Gasteiger partial charge in [-0.3, -0.25) is 0 Å². The number of rotatable bonds is 6. The Hall–Kier alpha value is -0.593. The van der Waals surface area contributed by atoms with Crippen LogP contribution < -0.4 is 0 Å². The summed E-state index contributed by atoms with van der Waals surface area (Å²) >= 11 is 0. The van der Waals surface area contributed by atoms with Gasteiger partial charge in [0.05, 0.1) is 0 Å². The third-order valence-corrected chi connectivity index (χ3v) is 11.4. The Morgan fingerprint density at radius 1 is 1.06 bits per heavy atom. The first-order chi connectivity index (χ1) is 8.26. The first kappa shape index (κ1) is 17.4. The van der Waals surface area contributed by atoms with Crippen LogP contribution in [0.2, 0.25) is 16.6 Å². The summed E-state index contributed by atoms with van der Waals surface area (Å²) in [4.78, 5) is 11.6. The SMILES string of the molecule is CC/C=C(\C)C(=C=O)[Si](C(C)C)(C(C)C)C(C)C. The predicted octanol–water partition coefficient (Wildman–Crippen LogP) is 5.32. The summed E-state index contributed by atoms with van der Waals surface area (Å²) in [7, 11) is -1.83. The first-order valence-electron chi connectivity index (χ1n) is 7.19. The molecule has 0 saturated heterocycles. The van der Waals surface area contributed by atoms with Gasteiger partial charge < -0.3 is 0 Å². The minimum absolute atomic E-state index is 0.564. The van der Waals surface area contributed by atoms with E-state index in [0.29, 0.717) is 16.6 Å². The highest BCUT2D eigenvalue weighted by atomic mass is 28.3. The molecule has 0 fully saturated rings. The van der Waals surface area contributed by atoms with E-state index in [0.717, 1.165) is 17.2 Å². The van der Waals surface area contributed by atoms with Crippen molar-refractivity contribution in [3.05, 3.63) is 16.8 Å². The minimum atomic E-state index is -1.83. The van der Waals surface area contributed by atoms with Gasteiger partial charge in [0.25, 0.3) is 0 Å². The van der Waals surface area contributed by atoms with E-state index in [1.165, 1.54) is 0 Å². The second-order valence-corrected chi connectivity index (χ2v) is 12.0. The molecule has 0 unspecified atom stereocenters. The molecule has 0 bridgehead atoms. The lowest BCUT2D eigenvalue weighted by Gasteiger charge is -2.43. The third-order valence-electron chi connectivity index (χ3n) is 4.31. The van der Waals surface area contributed by atoms with Crippen LogP contribution in [0.4, 0.5) is 0 Å². The predicted molar refractivity (Wildman–Crippen MR) is 84.3 cm³/mol. The Labute approximate surface area is 114 Å². The molecule has 0 aromatic heterocycles. The summed E-state index contributed by atoms with van der Waals surface area (Å²) in [6.07, 6.45) is 3.16. The molecule has 0 rings (SSSR count). The second-order valence-electron chi connectivity index (χ2n) is 6.17. The zero-order valence-electron chi connectivity index (χ0n) is 13.4. The largest absolute Gasteiger partial charge is 0.234 e. The van der Waals surface area contributed by atoms with Crippen LogP contribution >= 0.6 is 0 Å². The fraction of sp³-hybridized carbons (Fsp3) is 0.750. The van der Waals surface area contributed by atoms with Crippen molar-refractivity contribution in [3.63, 3.8) is 0 Å². The molecule has 0 aromatic rings. The number of allylic oxidation sites excluding steroid dienone is 3. The zero-order valence-corrected chi connectivity index (χ0v) is 14.4. The Morgan fingerprint density at radius 2 is 1.44 bits per heavy atom. The van der Waals surface area contributed by atoms with Gasteiger partial charge in [-0.2, -0.15) is 0 Å². The van der Waals surface area contributed by atoms with Crippen molar-refractivity contribution in [1.82, 2.24) is 0 Å². The summed E-state index contributed by atoms with van der Waals surface area (Å²) in [6, 6.07) is 0. The monoisotopic (exact) mass is 266 g/mol. The molecule has 104 valence electrons. The molecule has 2 heteroatoms. The van der Waals surface area contributed by atoms with Crippen LogP contribution in [0.15, 0.2) is 16.8 Å². The molecule has 0 saturated carbocycles. The molecule has 0 aliphatic rings. The van der Waals surface area contributed by atoms with Crippen LogP contribution in [-0.2, 0) is 4.79 Å². The number of carbonyl (C=O) groups excluding carboxylic acids is 1. The topological polar surface area (TPSA) is 17.1 Å². The van der Waals surface area contributed by atoms with Crippen LogP contribution in [0.1, 0.15) is 61.8 Å². The fourth-order valence-corrected chi connectivity index (χ4v) is 10.5. The molecule has 18 heavy (non-hydrogen) atoms. The lowest BCUT2D eigenvalue weighted by Crippen LogP contribution is -2.47. The van der Waals surface area contributed by atoms with Gasteiger partial charge in [-0.15, -0.1) is 0 Å². The van der Waals surface area contributed by atoms with E-state index >= 15 is 0 Å². The average molecular weight is 267 g/mol. The quantitative estimate of drug-likeness (QED) is 0.361. The van der Waals surface area contributed by atoms with Gasteiger partial charge in [0.15, 0.2) is 0 Å². The number of hydrogen-bond donors (Lipinski definition) is 0. The van der Waals surface area contributed by atoms with E-state index in [9.17, 15) is 4.79 Å². The lowest BCUT2D eigenvalue weighted by atomic mass is 10.2. The van der Waals surface area contributed by atoms with Crippen molar-refractivity contribution in [2.45, 2.75) is 78.4 Å². The van der Waals surface area contributed by atoms with Gasteiger partial charge in [-0.1, -0.05) is 54.5 Å². The summed E-state index contributed by atoms with van der Waals surface area (Å²) in [5.41, 5.74) is 2.85. The van der Waals surface area contributed by atoms with Crippen molar-refractivity contribution < 1.29 is 4.79 Å². The fourth-order valence-electron chi connectivity index (χ4n) is 3.78. The number of hydrogen-bond acceptors (Lipinski definition) is 1. The summed E-state index contributed by atoms with van der Waals surface area (Å²) in [5.74, 6) is 2.33. The standard InChI is InChI=1S/C16H30OSi/c1-9-10-15(8)16(11-17)18(12(2)3,13(4)5)14(6)7/h10,12-14H,9H2,1-8H3/b15-10+. The highest BCUT2D eigenvalue weighted by Crippen LogP contribution is 2.47. The third kappa shape index (κ3) is 3.04. The van der Waals surface area contributed by atoms with E-state index in [1.807, 2.05) is 0 Å². The molecule has 0 aliphatic heterocycles. The van der Waals surface area contributed by atoms with Gasteiger partial charge in [0.2, 0.25) is 0 Å². The Bertz CT molecular complexity index is 322. The van der Waals surface area contributed by atoms with E-state index < -0.39 is 8.07 Å². The van der Waals surface area contributed by atoms with Crippen molar-refractivity contribution in [2.75, 3.05) is 0 Å². The Morgan fingerprint density at radius 3 is 1.67 bits per heavy atom. The van der Waals surface area contributed by atoms with Crippen LogP contribution in [-0.4, -0.2) is 14.0 Å². The minimum Gasteiger partial charge on any atom is -0.234 e. The van der Waals surface area contributed by atoms with Gasteiger partial charge in [-0.25, -0.2) is 4.79 Å². The Balaban J connectivity index is 6.01. The molecule has 1 nitrogen and oxygen atoms in total. The Kier molecular flexibility index (Phi) is 6.87. The van der Waals surface area contributed by atoms with E-state index in [1.54, 1.807) is 0 Å². The van der Waals surface area contributed by atoms with Crippen LogP contribution in [0.25, 0.3) is 0 Å². The van der Waals surface area contributed by atoms with Gasteiger partial charge in [0, 0.05) is 5.20 Å². The molecule has 0 amide bonds. The van der Waals surface area contributed by atoms with Crippen LogP contribution in [0, 0.1) is 0 Å². The van der Waals surface area contributed by atoms with Crippen LogP contribution in [0.5, 0.6) is 0 Å². The van der Waals surface area contributed by atoms with Crippen LogP contribution in [0.3, 0.4) is 0 Å². The second kappa shape index (κ2) is 7.11. The smallest absolute Gasteiger partial charge is 0.123 e. The zero-order chi connectivity index (χ0) is 14.5. The average Bonchev–Trinajstić information content (AvgIpc) is 2.23. The van der Waals surface area contributed by atoms with Crippen molar-refractivity contribution >= 4 is 14.0 Å². The molecule has 0 aromatic carbocycles. The maximum absolute atomic E-state index is 11.6. The van der Waals surface area contributed by atoms with Crippen molar-refractivity contribution in [1.29, 1.82) is 0 Å². The molecule has 0 radical (unpaired) electrons. The summed E-state index contributed by atoms with van der Waals surface area (Å²) < 4.78 is 0. The van der Waals surface area contributed by atoms with E-state index in [-0.39, 0.29) is 0 Å². The molecule has 0 spiro atoms. The normalized spacial score (nSPS) is 13.4.